The normalized spacial score (nSPS) is 11.7. The summed E-state index contributed by atoms with van der Waals surface area (Å²) in [6.45, 7) is 4.27. The first kappa shape index (κ1) is 23.6. The summed E-state index contributed by atoms with van der Waals surface area (Å²) in [6, 6.07) is 14.7. The number of thioether (sulfide) groups is 1. The van der Waals surface area contributed by atoms with Crippen LogP contribution in [0.1, 0.15) is 31.4 Å². The van der Waals surface area contributed by atoms with E-state index in [-0.39, 0.29) is 18.4 Å². The second-order valence-corrected chi connectivity index (χ2v) is 8.50. The minimum atomic E-state index is -0.617. The lowest BCUT2D eigenvalue weighted by molar-refractivity contribution is -0.140. The first-order valence-corrected chi connectivity index (χ1v) is 11.5. The number of rotatable bonds is 10. The first-order valence-electron chi connectivity index (χ1n) is 9.55. The summed E-state index contributed by atoms with van der Waals surface area (Å²) >= 11 is 14.3. The van der Waals surface area contributed by atoms with E-state index in [2.05, 4.69) is 17.4 Å². The minimum absolute atomic E-state index is 0.0969. The fourth-order valence-electron chi connectivity index (χ4n) is 2.83. The molecule has 2 rings (SSSR count). The van der Waals surface area contributed by atoms with Crippen LogP contribution in [0.5, 0.6) is 0 Å². The maximum atomic E-state index is 13.0. The van der Waals surface area contributed by atoms with Gasteiger partial charge >= 0.3 is 0 Å². The van der Waals surface area contributed by atoms with E-state index in [1.165, 1.54) is 5.56 Å². The van der Waals surface area contributed by atoms with Gasteiger partial charge < -0.3 is 10.2 Å². The largest absolute Gasteiger partial charge is 0.355 e. The summed E-state index contributed by atoms with van der Waals surface area (Å²) < 4.78 is 0. The van der Waals surface area contributed by atoms with Crippen molar-refractivity contribution in [3.8, 4) is 0 Å². The van der Waals surface area contributed by atoms with Crippen LogP contribution in [0.2, 0.25) is 10.0 Å². The third kappa shape index (κ3) is 7.25. The highest BCUT2D eigenvalue weighted by Gasteiger charge is 2.26. The smallest absolute Gasteiger partial charge is 0.242 e. The lowest BCUT2D eigenvalue weighted by atomic mass is 10.1. The number of carbonyl (C=O) groups is 2. The number of carbonyl (C=O) groups excluding carboxylic acids is 2. The van der Waals surface area contributed by atoms with Gasteiger partial charge in [-0.05, 0) is 31.5 Å². The molecule has 0 saturated carbocycles. The predicted octanol–water partition coefficient (Wildman–Crippen LogP) is 5.17. The summed E-state index contributed by atoms with van der Waals surface area (Å²) in [5, 5.41) is 3.75. The average molecular weight is 453 g/mol. The van der Waals surface area contributed by atoms with Gasteiger partial charge in [0, 0.05) is 46.6 Å². The van der Waals surface area contributed by atoms with Gasteiger partial charge in [0.2, 0.25) is 11.8 Å². The number of halogens is 2. The van der Waals surface area contributed by atoms with E-state index in [4.69, 9.17) is 23.2 Å². The zero-order valence-corrected chi connectivity index (χ0v) is 19.0. The van der Waals surface area contributed by atoms with Crippen LogP contribution in [0, 0.1) is 0 Å². The third-order valence-electron chi connectivity index (χ3n) is 4.48. The number of amides is 2. The lowest BCUT2D eigenvalue weighted by Crippen LogP contribution is -2.47. The zero-order chi connectivity index (χ0) is 21.2. The molecule has 4 nitrogen and oxygen atoms in total. The molecule has 0 aliphatic rings. The summed E-state index contributed by atoms with van der Waals surface area (Å²) in [6.07, 6.45) is 0.337. The molecule has 2 aromatic carbocycles. The van der Waals surface area contributed by atoms with Gasteiger partial charge in [0.25, 0.3) is 0 Å². The molecule has 156 valence electrons. The molecule has 1 N–H and O–H groups in total. The maximum absolute atomic E-state index is 13.0. The Morgan fingerprint density at radius 2 is 1.72 bits per heavy atom. The van der Waals surface area contributed by atoms with E-state index in [0.717, 1.165) is 5.75 Å². The molecule has 0 fully saturated rings. The van der Waals surface area contributed by atoms with Gasteiger partial charge in [-0.25, -0.2) is 0 Å². The highest BCUT2D eigenvalue weighted by Crippen LogP contribution is 2.27. The van der Waals surface area contributed by atoms with Crippen molar-refractivity contribution in [2.75, 3.05) is 12.3 Å². The molecule has 0 bridgehead atoms. The van der Waals surface area contributed by atoms with E-state index in [0.29, 0.717) is 34.3 Å². The van der Waals surface area contributed by atoms with Crippen molar-refractivity contribution < 1.29 is 9.59 Å². The van der Waals surface area contributed by atoms with Gasteiger partial charge in [-0.1, -0.05) is 59.6 Å². The van der Waals surface area contributed by atoms with E-state index >= 15 is 0 Å². The molecule has 1 unspecified atom stereocenters. The molecular formula is C22H26Cl2N2O2S. The van der Waals surface area contributed by atoms with Crippen molar-refractivity contribution in [3.05, 3.63) is 69.7 Å². The van der Waals surface area contributed by atoms with Crippen LogP contribution in [0.25, 0.3) is 0 Å². The van der Waals surface area contributed by atoms with Crippen molar-refractivity contribution in [1.82, 2.24) is 10.2 Å². The second-order valence-electron chi connectivity index (χ2n) is 6.58. The molecule has 0 heterocycles. The number of likely N-dealkylation sites (N-methyl/N-ethyl adjacent to an activating group) is 1. The summed E-state index contributed by atoms with van der Waals surface area (Å²) in [7, 11) is 0. The van der Waals surface area contributed by atoms with Crippen molar-refractivity contribution >= 4 is 46.8 Å². The van der Waals surface area contributed by atoms with Crippen molar-refractivity contribution in [2.24, 2.45) is 0 Å². The highest BCUT2D eigenvalue weighted by molar-refractivity contribution is 7.98. The molecule has 0 aliphatic heterocycles. The molecule has 0 spiro atoms. The quantitative estimate of drug-likeness (QED) is 0.505. The van der Waals surface area contributed by atoms with Gasteiger partial charge in [-0.2, -0.15) is 11.8 Å². The van der Waals surface area contributed by atoms with Crippen LogP contribution in [-0.2, 0) is 21.9 Å². The number of hydrogen-bond acceptors (Lipinski definition) is 3. The van der Waals surface area contributed by atoms with Crippen molar-refractivity contribution in [2.45, 2.75) is 38.6 Å². The number of benzene rings is 2. The Kier molecular flexibility index (Phi) is 9.85. The number of hydrogen-bond donors (Lipinski definition) is 1. The van der Waals surface area contributed by atoms with Crippen LogP contribution in [-0.4, -0.2) is 35.1 Å². The number of nitrogens with one attached hydrogen (secondary N) is 1. The minimum Gasteiger partial charge on any atom is -0.355 e. The maximum Gasteiger partial charge on any atom is 0.242 e. The Bertz CT molecular complexity index is 797. The molecule has 29 heavy (non-hydrogen) atoms. The Morgan fingerprint density at radius 1 is 1.07 bits per heavy atom. The zero-order valence-electron chi connectivity index (χ0n) is 16.7. The topological polar surface area (TPSA) is 49.4 Å². The summed E-state index contributed by atoms with van der Waals surface area (Å²) in [5.41, 5.74) is 1.87. The van der Waals surface area contributed by atoms with Crippen LogP contribution >= 0.6 is 35.0 Å². The fraction of sp³-hybridized carbons (Fsp3) is 0.364. The molecule has 0 saturated heterocycles. The molecule has 2 aromatic rings. The van der Waals surface area contributed by atoms with Gasteiger partial charge in [0.15, 0.2) is 0 Å². The van der Waals surface area contributed by atoms with E-state index in [1.807, 2.05) is 25.1 Å². The predicted molar refractivity (Wildman–Crippen MR) is 122 cm³/mol. The molecule has 0 radical (unpaired) electrons. The molecule has 0 aliphatic carbocycles. The highest BCUT2D eigenvalue weighted by atomic mass is 35.5. The van der Waals surface area contributed by atoms with E-state index < -0.39 is 6.04 Å². The van der Waals surface area contributed by atoms with E-state index in [9.17, 15) is 9.59 Å². The average Bonchev–Trinajstić information content (AvgIpc) is 2.71. The van der Waals surface area contributed by atoms with Gasteiger partial charge in [-0.15, -0.1) is 0 Å². The van der Waals surface area contributed by atoms with Crippen LogP contribution in [0.15, 0.2) is 48.5 Å². The first-order chi connectivity index (χ1) is 13.9. The van der Waals surface area contributed by atoms with E-state index in [1.54, 1.807) is 41.8 Å². The van der Waals surface area contributed by atoms with Crippen molar-refractivity contribution in [1.29, 1.82) is 0 Å². The van der Waals surface area contributed by atoms with Gasteiger partial charge in [0.05, 0.1) is 0 Å². The molecular weight excluding hydrogens is 427 g/mol. The Morgan fingerprint density at radius 3 is 2.34 bits per heavy atom. The fourth-order valence-corrected chi connectivity index (χ4v) is 4.23. The van der Waals surface area contributed by atoms with Gasteiger partial charge in [-0.3, -0.25) is 9.59 Å². The SMILES string of the molecule is CCNC(=O)C(C)N(Cc1c(Cl)cccc1Cl)C(=O)CCSCc1ccccc1. The Balaban J connectivity index is 2.05. The number of nitrogens with zero attached hydrogens (tertiary/aromatic N) is 1. The van der Waals surface area contributed by atoms with Crippen LogP contribution < -0.4 is 5.32 Å². The standard InChI is InChI=1S/C22H26Cl2N2O2S/c1-3-25-22(28)16(2)26(14-18-19(23)10-7-11-20(18)24)21(27)12-13-29-15-17-8-5-4-6-9-17/h4-11,16H,3,12-15H2,1-2H3,(H,25,28). The van der Waals surface area contributed by atoms with Gasteiger partial charge in [0.1, 0.15) is 6.04 Å². The third-order valence-corrected chi connectivity index (χ3v) is 6.22. The van der Waals surface area contributed by atoms with Crippen molar-refractivity contribution in [3.63, 3.8) is 0 Å². The Labute approximate surface area is 187 Å². The Hall–Kier alpha value is -1.69. The molecule has 1 atom stereocenters. The molecule has 0 aromatic heterocycles. The lowest BCUT2D eigenvalue weighted by Gasteiger charge is -2.29. The molecule has 7 heteroatoms. The summed E-state index contributed by atoms with van der Waals surface area (Å²) in [4.78, 5) is 26.9. The van der Waals surface area contributed by atoms with Crippen LogP contribution in [0.4, 0.5) is 0 Å². The monoisotopic (exact) mass is 452 g/mol. The molecule has 2 amide bonds. The summed E-state index contributed by atoms with van der Waals surface area (Å²) in [5.74, 6) is 1.22. The second kappa shape index (κ2) is 12.1. The van der Waals surface area contributed by atoms with Crippen LogP contribution in [0.3, 0.4) is 0 Å².